The minimum atomic E-state index is -1.96. The Kier molecular flexibility index (Phi) is 43.7. The van der Waals surface area contributed by atoms with E-state index >= 15 is 19.2 Å². The summed E-state index contributed by atoms with van der Waals surface area (Å²) in [7, 11) is 0. The van der Waals surface area contributed by atoms with E-state index in [1.54, 1.807) is 96.2 Å². The number of carboxylic acid groups (broad SMARTS) is 2. The lowest BCUT2D eigenvalue weighted by Gasteiger charge is -2.34. The van der Waals surface area contributed by atoms with Crippen molar-refractivity contribution in [2.45, 2.75) is 294 Å². The largest absolute Gasteiger partial charge is 0.481 e. The third kappa shape index (κ3) is 35.8. The van der Waals surface area contributed by atoms with Crippen LogP contribution in [0.25, 0.3) is 0 Å². The smallest absolute Gasteiger partial charge is 0.305 e. The Balaban J connectivity index is 2.13. The van der Waals surface area contributed by atoms with Crippen LogP contribution in [-0.4, -0.2) is 219 Å². The van der Waals surface area contributed by atoms with Crippen molar-refractivity contribution < 1.29 is 96.5 Å². The average Bonchev–Trinajstić information content (AvgIpc) is 0.887. The van der Waals surface area contributed by atoms with Gasteiger partial charge in [0.25, 0.3) is 0 Å². The first-order valence-electron chi connectivity index (χ1n) is 41.6. The third-order valence-electron chi connectivity index (χ3n) is 21.4. The van der Waals surface area contributed by atoms with Gasteiger partial charge in [0.05, 0.1) is 13.0 Å². The van der Waals surface area contributed by atoms with E-state index < -0.39 is 233 Å². The molecule has 23 N–H and O–H groups in total. The lowest BCUT2D eigenvalue weighted by Crippen LogP contribution is -2.65. The maximum Gasteiger partial charge on any atom is 0.305 e. The number of nitrogens with one attached hydrogen (secondary N) is 15. The number of benzene rings is 1. The number of allylic oxidation sites excluding steroid dienone is 4. The fraction of sp³-hybridized carbons (Fsp3) is 0.627. The predicted molar refractivity (Wildman–Crippen MR) is 452 cm³/mol. The highest BCUT2D eigenvalue weighted by atomic mass is 16.4. The number of carboxylic acids is 2. The van der Waals surface area contributed by atoms with E-state index in [2.05, 4.69) is 91.3 Å². The molecule has 0 aliphatic carbocycles. The molecule has 0 bridgehead atoms. The zero-order chi connectivity index (χ0) is 91.8. The second-order valence-electron chi connectivity index (χ2n) is 32.6. The number of carbonyl (C=O) groups excluding carboxylic acids is 16. The van der Waals surface area contributed by atoms with Crippen LogP contribution in [0.2, 0.25) is 0 Å². The molecule has 2 aliphatic heterocycles. The van der Waals surface area contributed by atoms with Crippen molar-refractivity contribution in [1.29, 1.82) is 0 Å². The summed E-state index contributed by atoms with van der Waals surface area (Å²) >= 11 is 0. The molecule has 0 saturated carbocycles. The van der Waals surface area contributed by atoms with Gasteiger partial charge in [0, 0.05) is 32.9 Å². The zero-order valence-corrected chi connectivity index (χ0v) is 72.3. The van der Waals surface area contributed by atoms with Crippen LogP contribution in [0.3, 0.4) is 0 Å². The van der Waals surface area contributed by atoms with Crippen LogP contribution >= 0.6 is 0 Å². The number of nitrogens with zero attached hydrogens (tertiary/aromatic N) is 1. The Morgan fingerprint density at radius 2 is 1.07 bits per heavy atom. The van der Waals surface area contributed by atoms with Gasteiger partial charge in [-0.3, -0.25) is 91.3 Å². The van der Waals surface area contributed by atoms with Crippen molar-refractivity contribution >= 4 is 112 Å². The first-order valence-corrected chi connectivity index (χ1v) is 41.6. The number of primary amides is 1. The molecule has 0 aromatic heterocycles. The molecule has 15 unspecified atom stereocenters. The summed E-state index contributed by atoms with van der Waals surface area (Å²) < 4.78 is 0. The van der Waals surface area contributed by atoms with Gasteiger partial charge >= 0.3 is 11.9 Å². The molecule has 0 radical (unpaired) electrons. The number of aliphatic imine (C=N–C) groups is 1. The molecular formula is C83H131N19O20. The maximum absolute atomic E-state index is 15.2. The molecule has 678 valence electrons. The SMILES string of the molecule is C=CC(=O)NCC1NC(=O)C(C)(NC(C)=O)CCCC=CCCCC(C)(C(=O)NC(CCC(=O)O)C(=O)NC(CC(C)C)C(=O)NC(CCCN=C(N)N)C(=O)NC2(C)CCCC=CCCCC(C)(C(=O)NC(Cc3ccccc3)C(N)=O)NC(=O)C(CC(=O)O)NC(=O)CNC(=O)C(C(C)CC)NC2=O)NC(=O)C(C)NC(=O)C(C(C)CC)NC1=O. The van der Waals surface area contributed by atoms with E-state index in [0.717, 1.165) is 6.08 Å². The van der Waals surface area contributed by atoms with Crippen LogP contribution in [0.4, 0.5) is 0 Å². The van der Waals surface area contributed by atoms with Gasteiger partial charge in [0.2, 0.25) is 94.5 Å². The Hall–Kier alpha value is -11.8. The lowest BCUT2D eigenvalue weighted by atomic mass is 9.90. The Morgan fingerprint density at radius 1 is 0.574 bits per heavy atom. The van der Waals surface area contributed by atoms with E-state index in [4.69, 9.17) is 17.2 Å². The summed E-state index contributed by atoms with van der Waals surface area (Å²) in [6.45, 7) is 20.2. The zero-order valence-electron chi connectivity index (χ0n) is 72.3. The first-order chi connectivity index (χ1) is 57.3. The van der Waals surface area contributed by atoms with Gasteiger partial charge in [0.1, 0.15) is 76.5 Å². The van der Waals surface area contributed by atoms with Gasteiger partial charge in [-0.1, -0.05) is 116 Å². The van der Waals surface area contributed by atoms with Crippen molar-refractivity contribution in [2.75, 3.05) is 19.6 Å². The Bertz CT molecular complexity index is 3950. The first kappa shape index (κ1) is 104. The summed E-state index contributed by atoms with van der Waals surface area (Å²) in [5.41, 5.74) is 10.4. The Morgan fingerprint density at radius 3 is 1.58 bits per heavy atom. The normalized spacial score (nSPS) is 24.5. The fourth-order valence-corrected chi connectivity index (χ4v) is 13.5. The quantitative estimate of drug-likeness (QED) is 0.0141. The number of guanidine groups is 1. The van der Waals surface area contributed by atoms with Crippen LogP contribution < -0.4 is 97.0 Å². The molecule has 0 saturated heterocycles. The van der Waals surface area contributed by atoms with Crippen LogP contribution in [0, 0.1) is 17.8 Å². The maximum atomic E-state index is 15.2. The number of hydrogen-bond acceptors (Lipinski definition) is 19. The van der Waals surface area contributed by atoms with Crippen molar-refractivity contribution in [2.24, 2.45) is 39.9 Å². The van der Waals surface area contributed by atoms with Gasteiger partial charge in [-0.2, -0.15) is 0 Å². The molecule has 0 spiro atoms. The molecular weight excluding hydrogens is 1580 g/mol. The van der Waals surface area contributed by atoms with Crippen LogP contribution in [-0.2, 0) is 92.7 Å². The van der Waals surface area contributed by atoms with Crippen molar-refractivity contribution in [1.82, 2.24) is 79.8 Å². The molecule has 15 atom stereocenters. The molecule has 1 aromatic rings. The fourth-order valence-electron chi connectivity index (χ4n) is 13.5. The highest BCUT2D eigenvalue weighted by Gasteiger charge is 2.45. The standard InChI is InChI=1S/C83H131N19O20/c1-14-49(6)64-73(117)89-47-61(105)91-58(45-63(108)109)72(116)102-82(12,77(121)95-56(66(84)110)44-53-33-26-25-27-34-53)40-30-23-19-20-24-31-41-83(13,78(122)98-64)101-71(115)54(35-32-42-87-79(85)86)92-69(113)57(43-48(4)5)93-68(112)55(36-37-62(106)107)94-76(120)81(11)39-29-22-18-17-21-28-38-80(10,99-52(9)103)75(119)96-59(46-88-60(104)16-3)70(114)97-65(50(7)15-2)74(118)90-51(8)67(111)100-81/h16-20,25-27,33-34,48-51,54-59,64-65H,3,14-15,21-24,28-32,35-47H2,1-2,4-13H3,(H2,84,110)(H,88,104)(H,89,117)(H,90,118)(H,91,105)(H,92,113)(H,93,112)(H,94,120)(H,95,121)(H,96,119)(H,97,114)(H,98,122)(H,99,103)(H,100,111)(H,101,115)(H,102,116)(H,106,107)(H,108,109)(H4,85,86,87). The molecule has 39 heteroatoms. The van der Waals surface area contributed by atoms with Crippen molar-refractivity contribution in [3.05, 3.63) is 72.9 Å². The van der Waals surface area contributed by atoms with Gasteiger partial charge in [-0.15, -0.1) is 0 Å². The Labute approximate surface area is 712 Å². The monoisotopic (exact) mass is 1710 g/mol. The minimum Gasteiger partial charge on any atom is -0.481 e. The molecule has 2 heterocycles. The number of hydrogen-bond donors (Lipinski definition) is 20. The van der Waals surface area contributed by atoms with Gasteiger partial charge in [0.15, 0.2) is 5.96 Å². The van der Waals surface area contributed by atoms with E-state index in [0.29, 0.717) is 24.8 Å². The molecule has 122 heavy (non-hydrogen) atoms. The van der Waals surface area contributed by atoms with Crippen LogP contribution in [0.15, 0.2) is 72.3 Å². The molecule has 39 nitrogen and oxygen atoms in total. The van der Waals surface area contributed by atoms with Gasteiger partial charge in [-0.25, -0.2) is 0 Å². The van der Waals surface area contributed by atoms with E-state index in [1.807, 2.05) is 0 Å². The van der Waals surface area contributed by atoms with Crippen molar-refractivity contribution in [3.8, 4) is 0 Å². The summed E-state index contributed by atoms with van der Waals surface area (Å²) in [5, 5.41) is 59.1. The number of rotatable bonds is 32. The minimum absolute atomic E-state index is 0.0150. The van der Waals surface area contributed by atoms with E-state index in [-0.39, 0.29) is 109 Å². The molecule has 1 aromatic carbocycles. The summed E-state index contributed by atoms with van der Waals surface area (Å²) in [4.78, 5) is 255. The second-order valence-corrected chi connectivity index (χ2v) is 32.6. The van der Waals surface area contributed by atoms with Crippen molar-refractivity contribution in [3.63, 3.8) is 0 Å². The highest BCUT2D eigenvalue weighted by Crippen LogP contribution is 2.24. The molecule has 3 rings (SSSR count). The van der Waals surface area contributed by atoms with E-state index in [9.17, 15) is 77.3 Å². The molecule has 2 aliphatic rings. The average molecular weight is 1720 g/mol. The summed E-state index contributed by atoms with van der Waals surface area (Å²) in [5.74, 6) is -19.4. The van der Waals surface area contributed by atoms with Gasteiger partial charge < -0.3 is 107 Å². The summed E-state index contributed by atoms with van der Waals surface area (Å²) in [6, 6.07) is -5.11. The lowest BCUT2D eigenvalue weighted by molar-refractivity contribution is -0.142. The van der Waals surface area contributed by atoms with E-state index in [1.165, 1.54) is 41.5 Å². The van der Waals surface area contributed by atoms with Crippen LogP contribution in [0.1, 0.15) is 217 Å². The van der Waals surface area contributed by atoms with Gasteiger partial charge in [-0.05, 0) is 167 Å². The highest BCUT2D eigenvalue weighted by molar-refractivity contribution is 6.02. The van der Waals surface area contributed by atoms with Crippen LogP contribution in [0.5, 0.6) is 0 Å². The topological polar surface area (TPSA) is 619 Å². The number of aliphatic carboxylic acids is 2. The third-order valence-corrected chi connectivity index (χ3v) is 21.4. The molecule has 16 amide bonds. The molecule has 0 fully saturated rings. The second kappa shape index (κ2) is 51.1. The number of carbonyl (C=O) groups is 18. The summed E-state index contributed by atoms with van der Waals surface area (Å²) in [6.07, 6.45) is 7.56. The number of amides is 16. The predicted octanol–water partition coefficient (Wildman–Crippen LogP) is -0.612. The number of nitrogens with two attached hydrogens (primary N) is 3.